The summed E-state index contributed by atoms with van der Waals surface area (Å²) in [6, 6.07) is 3.90. The molecule has 1 fully saturated rings. The maximum atomic E-state index is 10.7. The zero-order valence-corrected chi connectivity index (χ0v) is 9.48. The van der Waals surface area contributed by atoms with E-state index in [1.54, 1.807) is 6.20 Å². The SMILES string of the molecule is NCC1(c2ccnc(C=O)c2)CCCCC1. The molecule has 1 heterocycles. The summed E-state index contributed by atoms with van der Waals surface area (Å²) < 4.78 is 0. The Morgan fingerprint density at radius 2 is 2.12 bits per heavy atom. The van der Waals surface area contributed by atoms with Crippen LogP contribution in [0.4, 0.5) is 0 Å². The molecule has 16 heavy (non-hydrogen) atoms. The second-order valence-electron chi connectivity index (χ2n) is 4.63. The van der Waals surface area contributed by atoms with Crippen LogP contribution in [0.5, 0.6) is 0 Å². The van der Waals surface area contributed by atoms with Crippen molar-refractivity contribution in [3.63, 3.8) is 0 Å². The summed E-state index contributed by atoms with van der Waals surface area (Å²) in [5.74, 6) is 0. The zero-order chi connectivity index (χ0) is 11.4. The van der Waals surface area contributed by atoms with Crippen LogP contribution in [0.15, 0.2) is 18.3 Å². The molecule has 2 rings (SSSR count). The largest absolute Gasteiger partial charge is 0.330 e. The Kier molecular flexibility index (Phi) is 3.34. The fraction of sp³-hybridized carbons (Fsp3) is 0.538. The van der Waals surface area contributed by atoms with Gasteiger partial charge in [-0.05, 0) is 30.5 Å². The standard InChI is InChI=1S/C13H18N2O/c14-10-13(5-2-1-3-6-13)11-4-7-15-12(8-11)9-16/h4,7-9H,1-3,5-6,10,14H2. The van der Waals surface area contributed by atoms with Crippen LogP contribution in [0.25, 0.3) is 0 Å². The molecule has 0 unspecified atom stereocenters. The first-order valence-corrected chi connectivity index (χ1v) is 5.92. The van der Waals surface area contributed by atoms with E-state index in [2.05, 4.69) is 4.98 Å². The van der Waals surface area contributed by atoms with Gasteiger partial charge in [-0.2, -0.15) is 0 Å². The summed E-state index contributed by atoms with van der Waals surface area (Å²) in [7, 11) is 0. The van der Waals surface area contributed by atoms with Crippen molar-refractivity contribution in [2.45, 2.75) is 37.5 Å². The molecule has 0 aromatic carbocycles. The fourth-order valence-corrected chi connectivity index (χ4v) is 2.68. The molecule has 0 bridgehead atoms. The molecule has 0 atom stereocenters. The summed E-state index contributed by atoms with van der Waals surface area (Å²) in [6.45, 7) is 0.662. The summed E-state index contributed by atoms with van der Waals surface area (Å²) in [6.07, 6.45) is 8.54. The van der Waals surface area contributed by atoms with Crippen molar-refractivity contribution in [2.75, 3.05) is 6.54 Å². The Morgan fingerprint density at radius 3 is 2.75 bits per heavy atom. The number of hydrogen-bond donors (Lipinski definition) is 1. The molecule has 0 saturated heterocycles. The van der Waals surface area contributed by atoms with Crippen molar-refractivity contribution in [3.05, 3.63) is 29.6 Å². The Hall–Kier alpha value is -1.22. The lowest BCUT2D eigenvalue weighted by Crippen LogP contribution is -2.37. The number of aldehydes is 1. The van der Waals surface area contributed by atoms with E-state index in [0.717, 1.165) is 19.1 Å². The minimum absolute atomic E-state index is 0.0823. The molecule has 2 N–H and O–H groups in total. The Labute approximate surface area is 96.1 Å². The van der Waals surface area contributed by atoms with E-state index >= 15 is 0 Å². The Morgan fingerprint density at radius 1 is 1.38 bits per heavy atom. The lowest BCUT2D eigenvalue weighted by Gasteiger charge is -2.36. The van der Waals surface area contributed by atoms with Crippen LogP contribution in [0, 0.1) is 0 Å². The number of pyridine rings is 1. The summed E-state index contributed by atoms with van der Waals surface area (Å²) in [5, 5.41) is 0. The molecule has 3 nitrogen and oxygen atoms in total. The molecule has 1 aliphatic rings. The van der Waals surface area contributed by atoms with Gasteiger partial charge in [0.25, 0.3) is 0 Å². The van der Waals surface area contributed by atoms with Crippen molar-refractivity contribution in [1.82, 2.24) is 4.98 Å². The molecule has 0 radical (unpaired) electrons. The molecular weight excluding hydrogens is 200 g/mol. The zero-order valence-electron chi connectivity index (χ0n) is 9.48. The van der Waals surface area contributed by atoms with Gasteiger partial charge in [0.1, 0.15) is 5.69 Å². The third kappa shape index (κ3) is 2.00. The highest BCUT2D eigenvalue weighted by atomic mass is 16.1. The third-order valence-electron chi connectivity index (χ3n) is 3.72. The topological polar surface area (TPSA) is 56.0 Å². The molecule has 3 heteroatoms. The summed E-state index contributed by atoms with van der Waals surface area (Å²) >= 11 is 0. The van der Waals surface area contributed by atoms with E-state index < -0.39 is 0 Å². The Bertz CT molecular complexity index is 370. The molecular formula is C13H18N2O. The van der Waals surface area contributed by atoms with Crippen molar-refractivity contribution < 1.29 is 4.79 Å². The van der Waals surface area contributed by atoms with E-state index in [0.29, 0.717) is 12.2 Å². The van der Waals surface area contributed by atoms with Crippen molar-refractivity contribution in [1.29, 1.82) is 0 Å². The average Bonchev–Trinajstić information content (AvgIpc) is 2.39. The van der Waals surface area contributed by atoms with Crippen LogP contribution in [0.1, 0.15) is 48.2 Å². The van der Waals surface area contributed by atoms with Crippen LogP contribution in [0.2, 0.25) is 0 Å². The van der Waals surface area contributed by atoms with Gasteiger partial charge in [0, 0.05) is 18.2 Å². The molecule has 1 aliphatic carbocycles. The minimum Gasteiger partial charge on any atom is -0.330 e. The number of aromatic nitrogens is 1. The molecule has 0 amide bonds. The van der Waals surface area contributed by atoms with Gasteiger partial charge in [-0.25, -0.2) is 0 Å². The van der Waals surface area contributed by atoms with E-state index in [4.69, 9.17) is 5.73 Å². The van der Waals surface area contributed by atoms with Gasteiger partial charge in [-0.15, -0.1) is 0 Å². The van der Waals surface area contributed by atoms with Crippen molar-refractivity contribution in [3.8, 4) is 0 Å². The van der Waals surface area contributed by atoms with Crippen LogP contribution < -0.4 is 5.73 Å². The van der Waals surface area contributed by atoms with E-state index in [9.17, 15) is 4.79 Å². The van der Waals surface area contributed by atoms with E-state index in [1.165, 1.54) is 24.8 Å². The van der Waals surface area contributed by atoms with Gasteiger partial charge in [0.15, 0.2) is 6.29 Å². The van der Waals surface area contributed by atoms with Crippen molar-refractivity contribution in [2.24, 2.45) is 5.73 Å². The Balaban J connectivity index is 2.34. The van der Waals surface area contributed by atoms with Gasteiger partial charge >= 0.3 is 0 Å². The number of rotatable bonds is 3. The highest BCUT2D eigenvalue weighted by molar-refractivity contribution is 5.72. The maximum absolute atomic E-state index is 10.7. The number of nitrogens with two attached hydrogens (primary N) is 1. The first-order chi connectivity index (χ1) is 7.80. The third-order valence-corrected chi connectivity index (χ3v) is 3.72. The normalized spacial score (nSPS) is 19.3. The predicted octanol–water partition coefficient (Wildman–Crippen LogP) is 2.05. The van der Waals surface area contributed by atoms with E-state index in [-0.39, 0.29) is 5.41 Å². The van der Waals surface area contributed by atoms with Crippen LogP contribution in [0.3, 0.4) is 0 Å². The number of carbonyl (C=O) groups excluding carboxylic acids is 1. The van der Waals surface area contributed by atoms with Crippen LogP contribution in [-0.2, 0) is 5.41 Å². The van der Waals surface area contributed by atoms with Gasteiger partial charge in [0.2, 0.25) is 0 Å². The smallest absolute Gasteiger partial charge is 0.168 e. The monoisotopic (exact) mass is 218 g/mol. The number of carbonyl (C=O) groups is 1. The molecule has 1 saturated carbocycles. The van der Waals surface area contributed by atoms with Gasteiger partial charge in [0.05, 0.1) is 0 Å². The van der Waals surface area contributed by atoms with Crippen LogP contribution in [-0.4, -0.2) is 17.8 Å². The fourth-order valence-electron chi connectivity index (χ4n) is 2.68. The predicted molar refractivity (Wildman–Crippen MR) is 63.4 cm³/mol. The second kappa shape index (κ2) is 4.74. The van der Waals surface area contributed by atoms with Gasteiger partial charge < -0.3 is 5.73 Å². The lowest BCUT2D eigenvalue weighted by molar-refractivity contribution is 0.111. The van der Waals surface area contributed by atoms with Crippen molar-refractivity contribution >= 4 is 6.29 Å². The van der Waals surface area contributed by atoms with E-state index in [1.807, 2.05) is 12.1 Å². The second-order valence-corrected chi connectivity index (χ2v) is 4.63. The van der Waals surface area contributed by atoms with Gasteiger partial charge in [-0.3, -0.25) is 9.78 Å². The molecule has 1 aromatic rings. The first-order valence-electron chi connectivity index (χ1n) is 5.92. The quantitative estimate of drug-likeness (QED) is 0.790. The molecule has 86 valence electrons. The van der Waals surface area contributed by atoms with Crippen LogP contribution >= 0.6 is 0 Å². The minimum atomic E-state index is 0.0823. The molecule has 0 spiro atoms. The average molecular weight is 218 g/mol. The number of nitrogens with zero attached hydrogens (tertiary/aromatic N) is 1. The van der Waals surface area contributed by atoms with Gasteiger partial charge in [-0.1, -0.05) is 19.3 Å². The first kappa shape index (κ1) is 11.3. The number of hydrogen-bond acceptors (Lipinski definition) is 3. The lowest BCUT2D eigenvalue weighted by atomic mass is 9.69. The molecule has 1 aromatic heterocycles. The highest BCUT2D eigenvalue weighted by Crippen LogP contribution is 2.38. The summed E-state index contributed by atoms with van der Waals surface area (Å²) in [5.41, 5.74) is 7.73. The maximum Gasteiger partial charge on any atom is 0.168 e. The highest BCUT2D eigenvalue weighted by Gasteiger charge is 2.32. The summed E-state index contributed by atoms with van der Waals surface area (Å²) in [4.78, 5) is 14.7. The molecule has 0 aliphatic heterocycles.